The molecule has 0 fully saturated rings. The van der Waals surface area contributed by atoms with Gasteiger partial charge in [0.15, 0.2) is 5.76 Å². The first-order valence-corrected chi connectivity index (χ1v) is 6.77. The number of aromatic nitrogens is 1. The van der Waals surface area contributed by atoms with Crippen LogP contribution < -0.4 is 5.32 Å². The maximum Gasteiger partial charge on any atom is 0.171 e. The fourth-order valence-electron chi connectivity index (χ4n) is 2.01. The Morgan fingerprint density at radius 1 is 1.16 bits per heavy atom. The molecule has 0 amide bonds. The van der Waals surface area contributed by atoms with Crippen molar-refractivity contribution in [2.45, 2.75) is 39.7 Å². The van der Waals surface area contributed by atoms with Crippen LogP contribution in [-0.2, 0) is 12.0 Å². The first-order chi connectivity index (χ1) is 9.02. The molecule has 2 aromatic rings. The van der Waals surface area contributed by atoms with Crippen LogP contribution in [0.2, 0.25) is 0 Å². The van der Waals surface area contributed by atoms with E-state index in [1.165, 1.54) is 5.56 Å². The fourth-order valence-corrected chi connectivity index (χ4v) is 2.01. The number of hydrogen-bond acceptors (Lipinski definition) is 3. The van der Waals surface area contributed by atoms with Crippen LogP contribution in [0.5, 0.6) is 0 Å². The Bertz CT molecular complexity index is 520. The summed E-state index contributed by atoms with van der Waals surface area (Å²) in [7, 11) is 0. The normalized spacial score (nSPS) is 11.8. The molecule has 1 N–H and O–H groups in total. The van der Waals surface area contributed by atoms with Crippen molar-refractivity contribution in [3.8, 4) is 11.3 Å². The average Bonchev–Trinajstić information content (AvgIpc) is 2.83. The molecule has 102 valence electrons. The second-order valence-electron chi connectivity index (χ2n) is 5.79. The van der Waals surface area contributed by atoms with E-state index in [0.29, 0.717) is 0 Å². The Hall–Kier alpha value is -1.61. The van der Waals surface area contributed by atoms with E-state index < -0.39 is 0 Å². The predicted octanol–water partition coefficient (Wildman–Crippen LogP) is 3.75. The van der Waals surface area contributed by atoms with Gasteiger partial charge in [0, 0.05) is 17.7 Å². The van der Waals surface area contributed by atoms with Crippen molar-refractivity contribution in [3.05, 3.63) is 41.6 Å². The quantitative estimate of drug-likeness (QED) is 0.907. The van der Waals surface area contributed by atoms with Crippen LogP contribution in [0, 0.1) is 0 Å². The van der Waals surface area contributed by atoms with Gasteiger partial charge in [0.1, 0.15) is 0 Å². The summed E-state index contributed by atoms with van der Waals surface area (Å²) < 4.78 is 5.38. The summed E-state index contributed by atoms with van der Waals surface area (Å²) in [5.41, 5.74) is 3.68. The summed E-state index contributed by atoms with van der Waals surface area (Å²) in [4.78, 5) is 0. The van der Waals surface area contributed by atoms with E-state index >= 15 is 0 Å². The third-order valence-corrected chi connectivity index (χ3v) is 3.22. The van der Waals surface area contributed by atoms with Crippen LogP contribution in [0.25, 0.3) is 11.3 Å². The molecule has 3 heteroatoms. The van der Waals surface area contributed by atoms with Gasteiger partial charge in [-0.1, -0.05) is 57.1 Å². The summed E-state index contributed by atoms with van der Waals surface area (Å²) in [5, 5.41) is 7.20. The molecule has 0 saturated heterocycles. The highest BCUT2D eigenvalue weighted by Gasteiger charge is 2.15. The van der Waals surface area contributed by atoms with Gasteiger partial charge in [-0.25, -0.2) is 0 Å². The first kappa shape index (κ1) is 13.8. The maximum atomic E-state index is 5.38. The van der Waals surface area contributed by atoms with Crippen molar-refractivity contribution in [3.63, 3.8) is 0 Å². The molecule has 1 aromatic carbocycles. The number of nitrogens with zero attached hydrogens (tertiary/aromatic N) is 1. The van der Waals surface area contributed by atoms with Crippen LogP contribution in [0.15, 0.2) is 35.0 Å². The van der Waals surface area contributed by atoms with Crippen molar-refractivity contribution in [1.82, 2.24) is 10.5 Å². The number of benzene rings is 1. The number of rotatable bonds is 4. The molecule has 3 nitrogen and oxygen atoms in total. The second kappa shape index (κ2) is 5.57. The third kappa shape index (κ3) is 3.24. The Balaban J connectivity index is 2.25. The van der Waals surface area contributed by atoms with Crippen molar-refractivity contribution in [2.24, 2.45) is 0 Å². The molecule has 1 aromatic heterocycles. The van der Waals surface area contributed by atoms with Gasteiger partial charge in [0.2, 0.25) is 0 Å². The molecule has 0 unspecified atom stereocenters. The van der Waals surface area contributed by atoms with E-state index in [1.807, 2.05) is 0 Å². The molecule has 0 aliphatic carbocycles. The SMILES string of the molecule is CCNCc1cnoc1-c1ccc(C(C)(C)C)cc1. The van der Waals surface area contributed by atoms with Gasteiger partial charge >= 0.3 is 0 Å². The molecule has 2 rings (SSSR count). The number of nitrogens with one attached hydrogen (secondary N) is 1. The zero-order valence-corrected chi connectivity index (χ0v) is 12.2. The average molecular weight is 258 g/mol. The third-order valence-electron chi connectivity index (χ3n) is 3.22. The molecule has 0 saturated carbocycles. The van der Waals surface area contributed by atoms with Crippen LogP contribution in [-0.4, -0.2) is 11.7 Å². The van der Waals surface area contributed by atoms with E-state index in [2.05, 4.69) is 62.4 Å². The fraction of sp³-hybridized carbons (Fsp3) is 0.438. The zero-order valence-electron chi connectivity index (χ0n) is 12.2. The molecule has 19 heavy (non-hydrogen) atoms. The molecule has 1 heterocycles. The predicted molar refractivity (Wildman–Crippen MR) is 78.0 cm³/mol. The molecule has 0 aliphatic heterocycles. The Morgan fingerprint density at radius 3 is 2.42 bits per heavy atom. The van der Waals surface area contributed by atoms with E-state index in [-0.39, 0.29) is 5.41 Å². The largest absolute Gasteiger partial charge is 0.356 e. The van der Waals surface area contributed by atoms with Gasteiger partial charge in [-0.3, -0.25) is 0 Å². The van der Waals surface area contributed by atoms with Gasteiger partial charge in [0.25, 0.3) is 0 Å². The highest BCUT2D eigenvalue weighted by Crippen LogP contribution is 2.27. The molecular formula is C16H22N2O. The van der Waals surface area contributed by atoms with Gasteiger partial charge in [0.05, 0.1) is 6.20 Å². The second-order valence-corrected chi connectivity index (χ2v) is 5.79. The van der Waals surface area contributed by atoms with Gasteiger partial charge in [-0.05, 0) is 17.5 Å². The molecule has 0 bridgehead atoms. The molecule has 0 radical (unpaired) electrons. The lowest BCUT2D eigenvalue weighted by Gasteiger charge is -2.18. The van der Waals surface area contributed by atoms with E-state index in [4.69, 9.17) is 4.52 Å². The van der Waals surface area contributed by atoms with Crippen molar-refractivity contribution in [1.29, 1.82) is 0 Å². The topological polar surface area (TPSA) is 38.1 Å². The Kier molecular flexibility index (Phi) is 4.05. The minimum absolute atomic E-state index is 0.173. The lowest BCUT2D eigenvalue weighted by Crippen LogP contribution is -2.12. The van der Waals surface area contributed by atoms with E-state index in [0.717, 1.165) is 30.0 Å². The van der Waals surface area contributed by atoms with Crippen LogP contribution >= 0.6 is 0 Å². The van der Waals surface area contributed by atoms with Crippen LogP contribution in [0.3, 0.4) is 0 Å². The Morgan fingerprint density at radius 2 is 1.84 bits per heavy atom. The minimum Gasteiger partial charge on any atom is -0.356 e. The van der Waals surface area contributed by atoms with Crippen LogP contribution in [0.1, 0.15) is 38.8 Å². The lowest BCUT2D eigenvalue weighted by atomic mass is 9.86. The zero-order chi connectivity index (χ0) is 13.9. The summed E-state index contributed by atoms with van der Waals surface area (Å²) in [6.07, 6.45) is 1.79. The van der Waals surface area contributed by atoms with Gasteiger partial charge in [-0.15, -0.1) is 0 Å². The minimum atomic E-state index is 0.173. The Labute approximate surface area is 115 Å². The summed E-state index contributed by atoms with van der Waals surface area (Å²) in [6.45, 7) is 10.5. The van der Waals surface area contributed by atoms with Gasteiger partial charge in [-0.2, -0.15) is 0 Å². The summed E-state index contributed by atoms with van der Waals surface area (Å²) in [5.74, 6) is 0.862. The highest BCUT2D eigenvalue weighted by molar-refractivity contribution is 5.61. The van der Waals surface area contributed by atoms with Crippen LogP contribution in [0.4, 0.5) is 0 Å². The molecule has 0 aliphatic rings. The van der Waals surface area contributed by atoms with Crippen molar-refractivity contribution >= 4 is 0 Å². The smallest absolute Gasteiger partial charge is 0.171 e. The summed E-state index contributed by atoms with van der Waals surface area (Å²) >= 11 is 0. The first-order valence-electron chi connectivity index (χ1n) is 6.77. The monoisotopic (exact) mass is 258 g/mol. The van der Waals surface area contributed by atoms with Crippen molar-refractivity contribution in [2.75, 3.05) is 6.54 Å². The molecule has 0 atom stereocenters. The van der Waals surface area contributed by atoms with E-state index in [9.17, 15) is 0 Å². The molecule has 0 spiro atoms. The lowest BCUT2D eigenvalue weighted by molar-refractivity contribution is 0.431. The standard InChI is InChI=1S/C16H22N2O/c1-5-17-10-13-11-18-19-15(13)12-6-8-14(9-7-12)16(2,3)4/h6-9,11,17H,5,10H2,1-4H3. The maximum absolute atomic E-state index is 5.38. The number of hydrogen-bond donors (Lipinski definition) is 1. The summed E-state index contributed by atoms with van der Waals surface area (Å²) in [6, 6.07) is 8.54. The van der Waals surface area contributed by atoms with Crippen molar-refractivity contribution < 1.29 is 4.52 Å². The molecular weight excluding hydrogens is 236 g/mol. The highest BCUT2D eigenvalue weighted by atomic mass is 16.5. The van der Waals surface area contributed by atoms with E-state index in [1.54, 1.807) is 6.20 Å². The van der Waals surface area contributed by atoms with Gasteiger partial charge < -0.3 is 9.84 Å².